The maximum absolute atomic E-state index is 12.9. The van der Waals surface area contributed by atoms with Gasteiger partial charge in [-0.25, -0.2) is 0 Å². The van der Waals surface area contributed by atoms with Crippen LogP contribution in [0.1, 0.15) is 41.3 Å². The van der Waals surface area contributed by atoms with Crippen molar-refractivity contribution in [2.45, 2.75) is 33.2 Å². The van der Waals surface area contributed by atoms with E-state index < -0.39 is 5.41 Å². The molecule has 1 heterocycles. The van der Waals surface area contributed by atoms with Crippen LogP contribution in [0.5, 0.6) is 0 Å². The first-order valence-corrected chi connectivity index (χ1v) is 10.1. The highest BCUT2D eigenvalue weighted by Gasteiger charge is 2.39. The van der Waals surface area contributed by atoms with Gasteiger partial charge in [-0.05, 0) is 56.5 Å². The van der Waals surface area contributed by atoms with Crippen molar-refractivity contribution in [2.24, 2.45) is 5.41 Å². The molecule has 1 unspecified atom stereocenters. The van der Waals surface area contributed by atoms with E-state index in [0.29, 0.717) is 25.2 Å². The van der Waals surface area contributed by atoms with Crippen LogP contribution in [0.25, 0.3) is 0 Å². The van der Waals surface area contributed by atoms with E-state index in [9.17, 15) is 9.59 Å². The van der Waals surface area contributed by atoms with E-state index in [0.717, 1.165) is 22.9 Å². The van der Waals surface area contributed by atoms with Crippen LogP contribution < -0.4 is 5.32 Å². The lowest BCUT2D eigenvalue weighted by Crippen LogP contribution is -2.51. The first kappa shape index (κ1) is 19.6. The van der Waals surface area contributed by atoms with Crippen LogP contribution in [0.2, 0.25) is 0 Å². The molecule has 27 heavy (non-hydrogen) atoms. The smallest absolute Gasteiger partial charge is 0.253 e. The molecule has 2 aromatic carbocycles. The highest BCUT2D eigenvalue weighted by atomic mass is 79.9. The molecule has 0 radical (unpaired) electrons. The number of carbonyl (C=O) groups excluding carboxylic acids is 2. The molecule has 142 valence electrons. The van der Waals surface area contributed by atoms with Gasteiger partial charge in [-0.1, -0.05) is 45.8 Å². The largest absolute Gasteiger partial charge is 0.351 e. The standard InChI is InChI=1S/C22H25BrN2O2/c1-16-4-6-17(7-5-16)14-24-21(27)22(2)12-3-13-25(15-22)20(26)18-8-10-19(23)11-9-18/h4-11H,3,12-15H2,1-2H3,(H,24,27). The molecule has 1 atom stereocenters. The number of amides is 2. The second-order valence-corrected chi connectivity index (χ2v) is 8.48. The normalized spacial score (nSPS) is 19.6. The van der Waals surface area contributed by atoms with E-state index in [-0.39, 0.29) is 11.8 Å². The quantitative estimate of drug-likeness (QED) is 0.787. The minimum atomic E-state index is -0.562. The molecule has 0 aromatic heterocycles. The summed E-state index contributed by atoms with van der Waals surface area (Å²) in [5, 5.41) is 3.05. The Morgan fingerprint density at radius 3 is 2.44 bits per heavy atom. The third-order valence-electron chi connectivity index (χ3n) is 5.20. The first-order valence-electron chi connectivity index (χ1n) is 9.26. The van der Waals surface area contributed by atoms with Crippen LogP contribution in [0.3, 0.4) is 0 Å². The lowest BCUT2D eigenvalue weighted by atomic mass is 9.80. The van der Waals surface area contributed by atoms with E-state index >= 15 is 0 Å². The third kappa shape index (κ3) is 4.78. The second kappa shape index (κ2) is 8.26. The van der Waals surface area contributed by atoms with Crippen molar-refractivity contribution in [3.63, 3.8) is 0 Å². The number of hydrogen-bond acceptors (Lipinski definition) is 2. The van der Waals surface area contributed by atoms with E-state index in [1.807, 2.05) is 62.4 Å². The lowest BCUT2D eigenvalue weighted by Gasteiger charge is -2.39. The van der Waals surface area contributed by atoms with Crippen molar-refractivity contribution in [1.29, 1.82) is 0 Å². The van der Waals surface area contributed by atoms with Gasteiger partial charge >= 0.3 is 0 Å². The molecule has 1 N–H and O–H groups in total. The number of rotatable bonds is 4. The predicted octanol–water partition coefficient (Wildman–Crippen LogP) is 4.32. The molecule has 0 aliphatic carbocycles. The Morgan fingerprint density at radius 2 is 1.78 bits per heavy atom. The number of benzene rings is 2. The summed E-state index contributed by atoms with van der Waals surface area (Å²) >= 11 is 3.39. The number of hydrogen-bond donors (Lipinski definition) is 1. The number of likely N-dealkylation sites (tertiary alicyclic amines) is 1. The molecule has 3 rings (SSSR count). The van der Waals surface area contributed by atoms with Crippen LogP contribution in [0, 0.1) is 12.3 Å². The van der Waals surface area contributed by atoms with Crippen molar-refractivity contribution in [3.05, 3.63) is 69.7 Å². The summed E-state index contributed by atoms with van der Waals surface area (Å²) in [6.45, 7) is 5.65. The first-order chi connectivity index (χ1) is 12.9. The van der Waals surface area contributed by atoms with E-state index in [1.165, 1.54) is 5.56 Å². The van der Waals surface area contributed by atoms with Crippen LogP contribution in [0.4, 0.5) is 0 Å². The van der Waals surface area contributed by atoms with Gasteiger partial charge in [0.2, 0.25) is 5.91 Å². The molecule has 0 spiro atoms. The number of aryl methyl sites for hydroxylation is 1. The van der Waals surface area contributed by atoms with Crippen molar-refractivity contribution >= 4 is 27.7 Å². The molecule has 1 saturated heterocycles. The van der Waals surface area contributed by atoms with Gasteiger partial charge < -0.3 is 10.2 Å². The van der Waals surface area contributed by atoms with E-state index in [1.54, 1.807) is 4.90 Å². The van der Waals surface area contributed by atoms with Gasteiger partial charge in [-0.2, -0.15) is 0 Å². The van der Waals surface area contributed by atoms with Gasteiger partial charge in [0.05, 0.1) is 5.41 Å². The Labute approximate surface area is 169 Å². The number of nitrogens with one attached hydrogen (secondary N) is 1. The van der Waals surface area contributed by atoms with Crippen LogP contribution in [0.15, 0.2) is 53.0 Å². The Balaban J connectivity index is 1.64. The SMILES string of the molecule is Cc1ccc(CNC(=O)C2(C)CCCN(C(=O)c3ccc(Br)cc3)C2)cc1. The summed E-state index contributed by atoms with van der Waals surface area (Å²) in [5.41, 5.74) is 2.37. The molecule has 1 aliphatic heterocycles. The third-order valence-corrected chi connectivity index (χ3v) is 5.73. The van der Waals surface area contributed by atoms with Crippen LogP contribution in [-0.4, -0.2) is 29.8 Å². The Bertz CT molecular complexity index is 817. The zero-order valence-electron chi connectivity index (χ0n) is 15.8. The molecule has 4 nitrogen and oxygen atoms in total. The highest BCUT2D eigenvalue weighted by Crippen LogP contribution is 2.31. The minimum absolute atomic E-state index is 0.0105. The number of carbonyl (C=O) groups is 2. The fraction of sp³-hybridized carbons (Fsp3) is 0.364. The molecule has 2 amide bonds. The molecule has 5 heteroatoms. The summed E-state index contributed by atoms with van der Waals surface area (Å²) < 4.78 is 0.943. The van der Waals surface area contributed by atoms with Gasteiger partial charge in [0.1, 0.15) is 0 Å². The van der Waals surface area contributed by atoms with Gasteiger partial charge in [0, 0.05) is 29.7 Å². The second-order valence-electron chi connectivity index (χ2n) is 7.57. The topological polar surface area (TPSA) is 49.4 Å². The van der Waals surface area contributed by atoms with Gasteiger partial charge in [-0.3, -0.25) is 9.59 Å². The monoisotopic (exact) mass is 428 g/mol. The Kier molecular flexibility index (Phi) is 6.00. The average molecular weight is 429 g/mol. The predicted molar refractivity (Wildman–Crippen MR) is 110 cm³/mol. The number of piperidine rings is 1. The zero-order valence-corrected chi connectivity index (χ0v) is 17.4. The van der Waals surface area contributed by atoms with Crippen molar-refractivity contribution in [2.75, 3.05) is 13.1 Å². The Hall–Kier alpha value is -2.14. The van der Waals surface area contributed by atoms with Gasteiger partial charge in [0.25, 0.3) is 5.91 Å². The molecular formula is C22H25BrN2O2. The lowest BCUT2D eigenvalue weighted by molar-refractivity contribution is -0.132. The van der Waals surface area contributed by atoms with Crippen LogP contribution in [-0.2, 0) is 11.3 Å². The zero-order chi connectivity index (χ0) is 19.4. The molecular weight excluding hydrogens is 404 g/mol. The maximum Gasteiger partial charge on any atom is 0.253 e. The van der Waals surface area contributed by atoms with Crippen LogP contribution >= 0.6 is 15.9 Å². The highest BCUT2D eigenvalue weighted by molar-refractivity contribution is 9.10. The van der Waals surface area contributed by atoms with Crippen molar-refractivity contribution in [1.82, 2.24) is 10.2 Å². The van der Waals surface area contributed by atoms with Crippen molar-refractivity contribution < 1.29 is 9.59 Å². The number of halogens is 1. The molecule has 2 aromatic rings. The Morgan fingerprint density at radius 1 is 1.11 bits per heavy atom. The van der Waals surface area contributed by atoms with Gasteiger partial charge in [0.15, 0.2) is 0 Å². The maximum atomic E-state index is 12.9. The summed E-state index contributed by atoms with van der Waals surface area (Å²) in [5.74, 6) is -0.00357. The van der Waals surface area contributed by atoms with E-state index in [4.69, 9.17) is 0 Å². The fourth-order valence-corrected chi connectivity index (χ4v) is 3.74. The van der Waals surface area contributed by atoms with E-state index in [2.05, 4.69) is 21.2 Å². The molecule has 1 aliphatic rings. The average Bonchev–Trinajstić information content (AvgIpc) is 2.67. The summed E-state index contributed by atoms with van der Waals surface area (Å²) in [7, 11) is 0. The molecule has 1 fully saturated rings. The van der Waals surface area contributed by atoms with Crippen molar-refractivity contribution in [3.8, 4) is 0 Å². The summed E-state index contributed by atoms with van der Waals surface area (Å²) in [6, 6.07) is 15.5. The molecule has 0 bridgehead atoms. The summed E-state index contributed by atoms with van der Waals surface area (Å²) in [6.07, 6.45) is 1.62. The summed E-state index contributed by atoms with van der Waals surface area (Å²) in [4.78, 5) is 27.5. The fourth-order valence-electron chi connectivity index (χ4n) is 3.47. The minimum Gasteiger partial charge on any atom is -0.351 e. The number of nitrogens with zero attached hydrogens (tertiary/aromatic N) is 1. The van der Waals surface area contributed by atoms with Gasteiger partial charge in [-0.15, -0.1) is 0 Å². The molecule has 0 saturated carbocycles.